The van der Waals surface area contributed by atoms with Crippen molar-refractivity contribution in [3.63, 3.8) is 0 Å². The number of rotatable bonds is 8. The van der Waals surface area contributed by atoms with E-state index in [9.17, 15) is 13.6 Å². The van der Waals surface area contributed by atoms with Gasteiger partial charge in [0.05, 0.1) is 35.8 Å². The van der Waals surface area contributed by atoms with Crippen molar-refractivity contribution in [2.75, 3.05) is 19.4 Å². The molecule has 0 fully saturated rings. The van der Waals surface area contributed by atoms with Gasteiger partial charge in [-0.2, -0.15) is 0 Å². The van der Waals surface area contributed by atoms with Crippen molar-refractivity contribution >= 4 is 11.8 Å². The van der Waals surface area contributed by atoms with E-state index in [-0.39, 0.29) is 40.5 Å². The van der Waals surface area contributed by atoms with Crippen LogP contribution in [0.5, 0.6) is 5.75 Å². The van der Waals surface area contributed by atoms with Gasteiger partial charge in [0.1, 0.15) is 11.6 Å². The van der Waals surface area contributed by atoms with Gasteiger partial charge in [0, 0.05) is 49.6 Å². The zero-order chi connectivity index (χ0) is 27.0. The van der Waals surface area contributed by atoms with Crippen LogP contribution in [0.25, 0.3) is 11.1 Å². The molecule has 1 atom stereocenters. The second-order valence-corrected chi connectivity index (χ2v) is 10.3. The minimum absolute atomic E-state index is 0.0114. The minimum atomic E-state index is -0.666. The maximum Gasteiger partial charge on any atom is 0.260 e. The van der Waals surface area contributed by atoms with Gasteiger partial charge in [-0.15, -0.1) is 11.8 Å². The quantitative estimate of drug-likeness (QED) is 0.341. The van der Waals surface area contributed by atoms with E-state index in [1.54, 1.807) is 30.1 Å². The second-order valence-electron chi connectivity index (χ2n) is 9.25. The molecule has 10 heteroatoms. The van der Waals surface area contributed by atoms with E-state index in [1.807, 2.05) is 11.6 Å². The standard InChI is InChI=1S/C28H27F3N4O2S/c1-16-20(10-21-22(29)7-5-8-23(21)30)28-35(18(14-38-28)13-32-11-17-12-33-15-34(17)2)27(36)25(16)19-6-4-9-24(37-3)26(19)31/h4-9,12,15,18,32H,10-11,13-14H2,1-3H3. The molecule has 6 nitrogen and oxygen atoms in total. The fourth-order valence-electron chi connectivity index (χ4n) is 4.90. The number of imidazole rings is 1. The summed E-state index contributed by atoms with van der Waals surface area (Å²) in [6, 6.07) is 8.12. The largest absolute Gasteiger partial charge is 0.494 e. The highest BCUT2D eigenvalue weighted by atomic mass is 32.2. The number of hydrogen-bond acceptors (Lipinski definition) is 5. The Bertz CT molecular complexity index is 1550. The molecular formula is C28H27F3N4O2S. The normalized spacial score (nSPS) is 14.6. The highest BCUT2D eigenvalue weighted by Gasteiger charge is 2.32. The Kier molecular flexibility index (Phi) is 7.36. The molecule has 0 amide bonds. The number of hydrogen-bond donors (Lipinski definition) is 1. The number of methoxy groups -OCH3 is 1. The van der Waals surface area contributed by atoms with Gasteiger partial charge in [-0.05, 0) is 36.2 Å². The number of fused-ring (bicyclic) bond motifs is 1. The highest BCUT2D eigenvalue weighted by molar-refractivity contribution is 7.99. The fraction of sp³-hybridized carbons (Fsp3) is 0.286. The van der Waals surface area contributed by atoms with Crippen LogP contribution >= 0.6 is 11.8 Å². The van der Waals surface area contributed by atoms with Crippen molar-refractivity contribution in [3.05, 3.63) is 99.1 Å². The fourth-order valence-corrected chi connectivity index (χ4v) is 6.29. The molecule has 0 bridgehead atoms. The maximum atomic E-state index is 15.4. The third-order valence-corrected chi connectivity index (χ3v) is 8.25. The Labute approximate surface area is 222 Å². The van der Waals surface area contributed by atoms with E-state index in [0.29, 0.717) is 35.0 Å². The van der Waals surface area contributed by atoms with Gasteiger partial charge >= 0.3 is 0 Å². The number of ether oxygens (including phenoxy) is 1. The van der Waals surface area contributed by atoms with Crippen LogP contribution in [0.2, 0.25) is 0 Å². The molecule has 1 unspecified atom stereocenters. The first-order chi connectivity index (χ1) is 18.3. The van der Waals surface area contributed by atoms with Crippen LogP contribution in [-0.2, 0) is 20.0 Å². The van der Waals surface area contributed by atoms with Gasteiger partial charge in [0.15, 0.2) is 11.6 Å². The number of thioether (sulfide) groups is 1. The Morgan fingerprint density at radius 2 is 1.87 bits per heavy atom. The first-order valence-electron chi connectivity index (χ1n) is 12.1. The molecule has 0 saturated heterocycles. The van der Waals surface area contributed by atoms with Crippen LogP contribution in [-0.4, -0.2) is 33.5 Å². The Balaban J connectivity index is 1.63. The summed E-state index contributed by atoms with van der Waals surface area (Å²) in [5.41, 5.74) is 1.90. The van der Waals surface area contributed by atoms with Crippen molar-refractivity contribution in [3.8, 4) is 16.9 Å². The number of halogens is 3. The van der Waals surface area contributed by atoms with E-state index in [1.165, 1.54) is 49.2 Å². The molecule has 1 aliphatic heterocycles. The molecule has 5 rings (SSSR count). The van der Waals surface area contributed by atoms with Crippen LogP contribution in [0.3, 0.4) is 0 Å². The summed E-state index contributed by atoms with van der Waals surface area (Å²) >= 11 is 1.47. The van der Waals surface area contributed by atoms with Crippen molar-refractivity contribution in [1.29, 1.82) is 0 Å². The molecular weight excluding hydrogens is 513 g/mol. The minimum Gasteiger partial charge on any atom is -0.494 e. The highest BCUT2D eigenvalue weighted by Crippen LogP contribution is 2.40. The van der Waals surface area contributed by atoms with Gasteiger partial charge in [-0.25, -0.2) is 18.2 Å². The lowest BCUT2D eigenvalue weighted by molar-refractivity contribution is 0.387. The molecule has 1 aliphatic rings. The zero-order valence-electron chi connectivity index (χ0n) is 21.2. The molecule has 0 aliphatic carbocycles. The van der Waals surface area contributed by atoms with Crippen molar-refractivity contribution in [2.24, 2.45) is 7.05 Å². The third-order valence-electron chi connectivity index (χ3n) is 6.99. The predicted octanol–water partition coefficient (Wildman–Crippen LogP) is 5.01. The SMILES string of the molecule is COc1cccc(-c2c(C)c(Cc3c(F)cccc3F)c3n(c2=O)C(CNCc2cncn2C)CS3)c1F. The number of aromatic nitrogens is 3. The van der Waals surface area contributed by atoms with E-state index in [0.717, 1.165) is 5.69 Å². The van der Waals surface area contributed by atoms with E-state index in [2.05, 4.69) is 10.3 Å². The summed E-state index contributed by atoms with van der Waals surface area (Å²) in [7, 11) is 3.26. The van der Waals surface area contributed by atoms with Gasteiger partial charge in [0.2, 0.25) is 0 Å². The molecule has 4 aromatic rings. The predicted molar refractivity (Wildman–Crippen MR) is 141 cm³/mol. The molecule has 0 radical (unpaired) electrons. The summed E-state index contributed by atoms with van der Waals surface area (Å²) in [6.45, 7) is 2.74. The van der Waals surface area contributed by atoms with Gasteiger partial charge in [-0.3, -0.25) is 9.36 Å². The molecule has 2 aromatic heterocycles. The van der Waals surface area contributed by atoms with Gasteiger partial charge in [-0.1, -0.05) is 18.2 Å². The van der Waals surface area contributed by atoms with Crippen molar-refractivity contribution in [1.82, 2.24) is 19.4 Å². The second kappa shape index (κ2) is 10.7. The van der Waals surface area contributed by atoms with E-state index in [4.69, 9.17) is 4.74 Å². The number of aryl methyl sites for hydroxylation is 1. The van der Waals surface area contributed by atoms with Crippen LogP contribution in [0.4, 0.5) is 13.2 Å². The maximum absolute atomic E-state index is 15.4. The average molecular weight is 541 g/mol. The van der Waals surface area contributed by atoms with Crippen molar-refractivity contribution < 1.29 is 17.9 Å². The molecule has 3 heterocycles. The lowest BCUT2D eigenvalue weighted by atomic mass is 9.94. The molecule has 0 saturated carbocycles. The summed E-state index contributed by atoms with van der Waals surface area (Å²) in [5.74, 6) is -1.39. The lowest BCUT2D eigenvalue weighted by Crippen LogP contribution is -2.33. The Morgan fingerprint density at radius 3 is 2.55 bits per heavy atom. The molecule has 38 heavy (non-hydrogen) atoms. The first-order valence-corrected chi connectivity index (χ1v) is 13.1. The van der Waals surface area contributed by atoms with Gasteiger partial charge in [0.25, 0.3) is 5.56 Å². The smallest absolute Gasteiger partial charge is 0.260 e. The average Bonchev–Trinajstić information content (AvgIpc) is 3.50. The van der Waals surface area contributed by atoms with Crippen LogP contribution < -0.4 is 15.6 Å². The summed E-state index contributed by atoms with van der Waals surface area (Å²) in [6.07, 6.45) is 3.42. The van der Waals surface area contributed by atoms with E-state index < -0.39 is 17.5 Å². The summed E-state index contributed by atoms with van der Waals surface area (Å²) < 4.78 is 53.5. The van der Waals surface area contributed by atoms with Crippen molar-refractivity contribution in [2.45, 2.75) is 31.0 Å². The molecule has 198 valence electrons. The monoisotopic (exact) mass is 540 g/mol. The topological polar surface area (TPSA) is 61.1 Å². The summed E-state index contributed by atoms with van der Waals surface area (Å²) in [5, 5.41) is 4.03. The lowest BCUT2D eigenvalue weighted by Gasteiger charge is -2.21. The Hall–Kier alpha value is -3.50. The third kappa shape index (κ3) is 4.63. The van der Waals surface area contributed by atoms with E-state index >= 15 is 4.39 Å². The molecule has 2 aromatic carbocycles. The number of nitrogens with zero attached hydrogens (tertiary/aromatic N) is 3. The number of benzene rings is 2. The zero-order valence-corrected chi connectivity index (χ0v) is 22.0. The summed E-state index contributed by atoms with van der Waals surface area (Å²) in [4.78, 5) is 18.1. The first kappa shape index (κ1) is 26.1. The van der Waals surface area contributed by atoms with Crippen LogP contribution in [0.15, 0.2) is 58.7 Å². The van der Waals surface area contributed by atoms with Crippen LogP contribution in [0.1, 0.15) is 28.4 Å². The number of nitrogens with one attached hydrogen (secondary N) is 1. The van der Waals surface area contributed by atoms with Crippen LogP contribution in [0, 0.1) is 24.4 Å². The number of pyridine rings is 1. The van der Waals surface area contributed by atoms with Gasteiger partial charge < -0.3 is 14.6 Å². The molecule has 1 N–H and O–H groups in total. The molecule has 0 spiro atoms. The Morgan fingerprint density at radius 1 is 1.13 bits per heavy atom.